The normalized spacial score (nSPS) is 12.7. The molecule has 3 aromatic rings. The van der Waals surface area contributed by atoms with E-state index in [0.29, 0.717) is 34.5 Å². The van der Waals surface area contributed by atoms with Gasteiger partial charge in [0.25, 0.3) is 11.5 Å². The highest BCUT2D eigenvalue weighted by molar-refractivity contribution is 7.07. The van der Waals surface area contributed by atoms with Crippen molar-refractivity contribution >= 4 is 51.7 Å². The molecule has 234 valence electrons. The molecule has 0 spiro atoms. The van der Waals surface area contributed by atoms with Gasteiger partial charge in [0, 0.05) is 63.9 Å². The van der Waals surface area contributed by atoms with Crippen molar-refractivity contribution in [3.63, 3.8) is 0 Å². The average molecular weight is 628 g/mol. The van der Waals surface area contributed by atoms with E-state index < -0.39 is 5.91 Å². The summed E-state index contributed by atoms with van der Waals surface area (Å²) in [4.78, 5) is 44.3. The summed E-state index contributed by atoms with van der Waals surface area (Å²) in [5, 5.41) is 15.1. The third-order valence-electron chi connectivity index (χ3n) is 7.31. The number of likely N-dealkylation sites (N-methyl/N-ethyl adjacent to an activating group) is 2. The van der Waals surface area contributed by atoms with Crippen molar-refractivity contribution in [2.75, 3.05) is 68.5 Å². The number of thiazole rings is 1. The molecule has 1 aliphatic rings. The zero-order valence-electron chi connectivity index (χ0n) is 25.9. The summed E-state index contributed by atoms with van der Waals surface area (Å²) in [6.45, 7) is 7.72. The number of hydrogen-bond acceptors (Lipinski definition) is 9. The maximum Gasteiger partial charge on any atom is 0.277 e. The van der Waals surface area contributed by atoms with Gasteiger partial charge in [0.1, 0.15) is 21.0 Å². The maximum absolute atomic E-state index is 13.2. The number of aromatic nitrogens is 1. The predicted octanol–water partition coefficient (Wildman–Crippen LogP) is 1.69. The second-order valence-corrected chi connectivity index (χ2v) is 11.1. The fraction of sp³-hybridized carbons (Fsp3) is 0.333. The van der Waals surface area contributed by atoms with Gasteiger partial charge in [0.15, 0.2) is 5.57 Å². The Kier molecular flexibility index (Phi) is 11.4. The van der Waals surface area contributed by atoms with Crippen LogP contribution in [0.25, 0.3) is 11.5 Å². The van der Waals surface area contributed by atoms with Crippen LogP contribution in [0, 0.1) is 11.3 Å². The molecule has 1 fully saturated rings. The number of nitrogens with one attached hydrogen (secondary N) is 2. The topological polar surface area (TPSA) is 123 Å². The summed E-state index contributed by atoms with van der Waals surface area (Å²) in [5.74, 6) is 0.292. The Bertz CT molecular complexity index is 1840. The minimum Gasteiger partial charge on any atom is -0.495 e. The molecule has 11 nitrogen and oxygen atoms in total. The molecule has 12 heteroatoms. The first kappa shape index (κ1) is 32.9. The van der Waals surface area contributed by atoms with Gasteiger partial charge in [0.05, 0.1) is 19.3 Å². The Morgan fingerprint density at radius 2 is 1.87 bits per heavy atom. The number of anilines is 3. The van der Waals surface area contributed by atoms with Gasteiger partial charge in [-0.15, -0.1) is 0 Å². The number of carbonyl (C=O) groups excluding carboxylic acids is 2. The Hall–Kier alpha value is -5.04. The number of rotatable bonds is 10. The van der Waals surface area contributed by atoms with Crippen molar-refractivity contribution in [2.24, 2.45) is 0 Å². The number of para-hydroxylation sites is 2. The highest BCUT2D eigenvalue weighted by Crippen LogP contribution is 2.28. The van der Waals surface area contributed by atoms with E-state index in [9.17, 15) is 19.6 Å². The molecule has 2 aromatic carbocycles. The lowest BCUT2D eigenvalue weighted by atomic mass is 10.2. The summed E-state index contributed by atoms with van der Waals surface area (Å²) >= 11 is 1.09. The molecule has 0 atom stereocenters. The highest BCUT2D eigenvalue weighted by atomic mass is 32.1. The Balaban J connectivity index is 1.44. The zero-order valence-corrected chi connectivity index (χ0v) is 26.7. The molecule has 2 heterocycles. The van der Waals surface area contributed by atoms with E-state index in [1.165, 1.54) is 10.8 Å². The molecular weight excluding hydrogens is 590 g/mol. The molecular formula is C33H37N7O4S. The molecule has 0 unspecified atom stereocenters. The van der Waals surface area contributed by atoms with Crippen molar-refractivity contribution in [1.82, 2.24) is 14.8 Å². The van der Waals surface area contributed by atoms with Gasteiger partial charge in [0.2, 0.25) is 5.91 Å². The molecule has 1 saturated heterocycles. The molecule has 4 rings (SSSR count). The first-order chi connectivity index (χ1) is 21.8. The fourth-order valence-corrected chi connectivity index (χ4v) is 5.83. The lowest BCUT2D eigenvalue weighted by molar-refractivity contribution is -0.119. The van der Waals surface area contributed by atoms with Crippen molar-refractivity contribution in [3.05, 3.63) is 79.9 Å². The summed E-state index contributed by atoms with van der Waals surface area (Å²) < 4.78 is 7.61. The molecule has 0 bridgehead atoms. The molecule has 2 N–H and O–H groups in total. The number of amides is 2. The molecule has 0 radical (unpaired) electrons. The van der Waals surface area contributed by atoms with E-state index in [1.807, 2.05) is 48.5 Å². The van der Waals surface area contributed by atoms with Gasteiger partial charge in [-0.3, -0.25) is 23.9 Å². The van der Waals surface area contributed by atoms with Crippen LogP contribution in [0.4, 0.5) is 17.1 Å². The van der Waals surface area contributed by atoms with Crippen LogP contribution in [0.3, 0.4) is 0 Å². The van der Waals surface area contributed by atoms with Crippen molar-refractivity contribution < 1.29 is 14.3 Å². The van der Waals surface area contributed by atoms with Gasteiger partial charge in [-0.25, -0.2) is 0 Å². The van der Waals surface area contributed by atoms with Gasteiger partial charge >= 0.3 is 0 Å². The monoisotopic (exact) mass is 627 g/mol. The molecule has 2 amide bonds. The molecule has 1 aromatic heterocycles. The van der Waals surface area contributed by atoms with E-state index in [-0.39, 0.29) is 17.0 Å². The standard InChI is InChI=1S/C33H37N7O4S/c1-5-35-32(42)24(22-34)20-31-40(6-2)33(43)29(45-31)14-15-36-25-10-9-11-26(21-25)37(3)30(41)23-38-16-18-39(19-17-38)27-12-7-8-13-28(27)44-4/h7-13,15,21,36H,5-6,16-19,23H2,1-4H3,(H,35,42). The second-order valence-electron chi connectivity index (χ2n) is 10.1. The summed E-state index contributed by atoms with van der Waals surface area (Å²) in [6.07, 6.45) is 1.53. The van der Waals surface area contributed by atoms with Crippen molar-refractivity contribution in [1.29, 1.82) is 5.26 Å². The minimum absolute atomic E-state index is 0.0140. The smallest absolute Gasteiger partial charge is 0.277 e. The van der Waals surface area contributed by atoms with Crippen molar-refractivity contribution in [2.45, 2.75) is 20.4 Å². The average Bonchev–Trinajstić information content (AvgIpc) is 3.36. The molecule has 45 heavy (non-hydrogen) atoms. The highest BCUT2D eigenvalue weighted by Gasteiger charge is 2.22. The lowest BCUT2D eigenvalue weighted by Crippen LogP contribution is -2.49. The van der Waals surface area contributed by atoms with Crippen LogP contribution in [0.1, 0.15) is 13.8 Å². The summed E-state index contributed by atoms with van der Waals surface area (Å²) in [7, 11) is 3.43. The lowest BCUT2D eigenvalue weighted by Gasteiger charge is -2.36. The number of carbonyl (C=O) groups is 2. The SMILES string of the molecule is CCNC(=O)C(=C=c1sc(=C=CNc2cccc(N(C)C(=O)CN3CCN(c4ccccc4OC)CC3)c2)c(=O)n1CC)C#N. The van der Waals surface area contributed by atoms with E-state index >= 15 is 0 Å². The number of methoxy groups -OCH3 is 1. The first-order valence-corrected chi connectivity index (χ1v) is 15.5. The summed E-state index contributed by atoms with van der Waals surface area (Å²) in [6, 6.07) is 17.2. The number of piperazine rings is 1. The molecule has 0 saturated carbocycles. The molecule has 0 aliphatic carbocycles. The number of nitrogens with zero attached hydrogens (tertiary/aromatic N) is 5. The fourth-order valence-electron chi connectivity index (χ4n) is 4.84. The van der Waals surface area contributed by atoms with E-state index in [1.54, 1.807) is 32.9 Å². The number of nitriles is 1. The van der Waals surface area contributed by atoms with Crippen LogP contribution >= 0.6 is 11.3 Å². The first-order valence-electron chi connectivity index (χ1n) is 14.7. The zero-order chi connectivity index (χ0) is 32.3. The van der Waals surface area contributed by atoms with Crippen LogP contribution in [-0.4, -0.2) is 74.7 Å². The third kappa shape index (κ3) is 8.12. The van der Waals surface area contributed by atoms with Crippen molar-refractivity contribution in [3.8, 4) is 11.8 Å². The largest absolute Gasteiger partial charge is 0.495 e. The summed E-state index contributed by atoms with van der Waals surface area (Å²) in [5.41, 5.74) is 7.77. The Morgan fingerprint density at radius 1 is 1.11 bits per heavy atom. The van der Waals surface area contributed by atoms with Crippen LogP contribution in [0.5, 0.6) is 5.75 Å². The van der Waals surface area contributed by atoms with E-state index in [0.717, 1.165) is 54.6 Å². The predicted molar refractivity (Wildman–Crippen MR) is 178 cm³/mol. The van der Waals surface area contributed by atoms with Gasteiger partial charge in [-0.2, -0.15) is 5.26 Å². The van der Waals surface area contributed by atoms with E-state index in [4.69, 9.17) is 4.74 Å². The minimum atomic E-state index is -0.541. The van der Waals surface area contributed by atoms with Crippen LogP contribution < -0.4 is 39.9 Å². The Morgan fingerprint density at radius 3 is 2.56 bits per heavy atom. The third-order valence-corrected chi connectivity index (χ3v) is 8.33. The number of hydrogen-bond donors (Lipinski definition) is 2. The van der Waals surface area contributed by atoms with Gasteiger partial charge in [-0.05, 0) is 44.2 Å². The van der Waals surface area contributed by atoms with Gasteiger partial charge in [-0.1, -0.05) is 41.0 Å². The van der Waals surface area contributed by atoms with Crippen LogP contribution in [-0.2, 0) is 16.1 Å². The van der Waals surface area contributed by atoms with Gasteiger partial charge < -0.3 is 25.2 Å². The van der Waals surface area contributed by atoms with Crippen LogP contribution in [0.15, 0.2) is 65.1 Å². The van der Waals surface area contributed by atoms with Crippen LogP contribution in [0.2, 0.25) is 0 Å². The quantitative estimate of drug-likeness (QED) is 0.257. The Labute approximate surface area is 266 Å². The number of ether oxygens (including phenoxy) is 1. The second kappa shape index (κ2) is 15.6. The maximum atomic E-state index is 13.2. The number of benzene rings is 2. The van der Waals surface area contributed by atoms with E-state index in [2.05, 4.69) is 38.0 Å². The molecule has 1 aliphatic heterocycles.